The predicted octanol–water partition coefficient (Wildman–Crippen LogP) is 7.41. The zero-order chi connectivity index (χ0) is 28.2. The molecule has 1 fully saturated rings. The van der Waals surface area contributed by atoms with Crippen molar-refractivity contribution in [2.24, 2.45) is 17.8 Å². The Morgan fingerprint density at radius 3 is 2.35 bits per heavy atom. The summed E-state index contributed by atoms with van der Waals surface area (Å²) in [4.78, 5) is 31.0. The highest BCUT2D eigenvalue weighted by Gasteiger charge is 2.31. The van der Waals surface area contributed by atoms with Gasteiger partial charge in [-0.3, -0.25) is 9.59 Å². The van der Waals surface area contributed by atoms with Crippen molar-refractivity contribution in [3.8, 4) is 0 Å². The van der Waals surface area contributed by atoms with Crippen LogP contribution in [0.3, 0.4) is 0 Å². The van der Waals surface area contributed by atoms with Crippen molar-refractivity contribution in [3.05, 3.63) is 89.0 Å². The van der Waals surface area contributed by atoms with Gasteiger partial charge in [0.15, 0.2) is 5.78 Å². The van der Waals surface area contributed by atoms with E-state index in [1.807, 2.05) is 4.90 Å². The highest BCUT2D eigenvalue weighted by atomic mass is 16.2. The van der Waals surface area contributed by atoms with Crippen LogP contribution >= 0.6 is 0 Å². The number of nitrogens with zero attached hydrogens (tertiary/aromatic N) is 2. The monoisotopic (exact) mass is 538 g/mol. The first kappa shape index (κ1) is 28.4. The van der Waals surface area contributed by atoms with Gasteiger partial charge in [-0.05, 0) is 99.0 Å². The lowest BCUT2D eigenvalue weighted by Crippen LogP contribution is -2.54. The van der Waals surface area contributed by atoms with Gasteiger partial charge in [0.05, 0.1) is 0 Å². The second-order valence-corrected chi connectivity index (χ2v) is 12.7. The minimum Gasteiger partial charge on any atom is -0.365 e. The fourth-order valence-corrected chi connectivity index (χ4v) is 7.18. The molecule has 1 heterocycles. The Kier molecular flexibility index (Phi) is 8.93. The molecule has 4 nitrogen and oxygen atoms in total. The van der Waals surface area contributed by atoms with E-state index in [4.69, 9.17) is 0 Å². The molecular weight excluding hydrogens is 492 g/mol. The number of allylic oxidation sites excluding steroid dienone is 4. The third kappa shape index (κ3) is 6.77. The first-order chi connectivity index (χ1) is 19.3. The van der Waals surface area contributed by atoms with Crippen molar-refractivity contribution < 1.29 is 9.59 Å². The average Bonchev–Trinajstić information content (AvgIpc) is 3.26. The highest BCUT2D eigenvalue weighted by Crippen LogP contribution is 2.38. The second kappa shape index (κ2) is 12.6. The molecule has 2 aromatic rings. The summed E-state index contributed by atoms with van der Waals surface area (Å²) in [5.41, 5.74) is 6.25. The molecule has 0 spiro atoms. The lowest BCUT2D eigenvalue weighted by Gasteiger charge is -2.41. The number of anilines is 1. The van der Waals surface area contributed by atoms with Crippen molar-refractivity contribution in [1.29, 1.82) is 0 Å². The molecule has 1 saturated heterocycles. The molecule has 0 bridgehead atoms. The van der Waals surface area contributed by atoms with Gasteiger partial charge in [0, 0.05) is 44.2 Å². The van der Waals surface area contributed by atoms with Crippen molar-refractivity contribution in [2.75, 3.05) is 24.5 Å². The van der Waals surface area contributed by atoms with E-state index in [1.54, 1.807) is 0 Å². The molecule has 0 N–H and O–H groups in total. The first-order valence-electron chi connectivity index (χ1n) is 15.3. The predicted molar refractivity (Wildman–Crippen MR) is 165 cm³/mol. The van der Waals surface area contributed by atoms with E-state index in [0.29, 0.717) is 36.5 Å². The molecule has 5 rings (SSSR count). The minimum atomic E-state index is 0.239. The van der Waals surface area contributed by atoms with Crippen molar-refractivity contribution in [3.63, 3.8) is 0 Å². The molecule has 3 aliphatic rings. The Morgan fingerprint density at radius 2 is 1.62 bits per heavy atom. The number of benzene rings is 2. The summed E-state index contributed by atoms with van der Waals surface area (Å²) in [6.45, 7) is 11.2. The number of hydrogen-bond acceptors (Lipinski definition) is 3. The van der Waals surface area contributed by atoms with Gasteiger partial charge < -0.3 is 9.80 Å². The Bertz CT molecular complexity index is 1280. The molecule has 2 aliphatic carbocycles. The van der Waals surface area contributed by atoms with Gasteiger partial charge in [-0.1, -0.05) is 67.1 Å². The van der Waals surface area contributed by atoms with Crippen LogP contribution in [-0.2, 0) is 9.59 Å². The van der Waals surface area contributed by atoms with Crippen LogP contribution in [0.5, 0.6) is 0 Å². The Hall–Kier alpha value is -3.14. The second-order valence-electron chi connectivity index (χ2n) is 12.7. The minimum absolute atomic E-state index is 0.239. The number of amides is 1. The van der Waals surface area contributed by atoms with E-state index < -0.39 is 0 Å². The summed E-state index contributed by atoms with van der Waals surface area (Å²) in [5, 5.41) is 0. The topological polar surface area (TPSA) is 40.6 Å². The lowest BCUT2D eigenvalue weighted by molar-refractivity contribution is -0.132. The zero-order valence-electron chi connectivity index (χ0n) is 24.8. The molecule has 5 unspecified atom stereocenters. The molecule has 212 valence electrons. The van der Waals surface area contributed by atoms with Crippen LogP contribution in [0.25, 0.3) is 0 Å². The summed E-state index contributed by atoms with van der Waals surface area (Å²) in [6.07, 6.45) is 11.6. The number of aryl methyl sites for hydroxylation is 2. The van der Waals surface area contributed by atoms with Gasteiger partial charge >= 0.3 is 0 Å². The number of Topliss-reactive ketones (excluding diaryl/α,β-unsaturated/α-hetero) is 1. The Morgan fingerprint density at radius 1 is 0.900 bits per heavy atom. The smallest absolute Gasteiger partial charge is 0.223 e. The summed E-state index contributed by atoms with van der Waals surface area (Å²) < 4.78 is 0. The van der Waals surface area contributed by atoms with E-state index in [9.17, 15) is 9.59 Å². The standard InChI is InChI=1S/C36H46N2O2/c1-25-8-5-10-31(18-25)34-13-7-11-32(20-27(34)3)35(39)22-29-14-15-30(21-29)23-36(40)37-16-17-38(28(4)24-37)33-12-6-9-26(2)19-33/h5-6,8-12,14-15,18-19,27-30,34H,7,13,16-17,20-24H2,1-4H3. The molecule has 1 amide bonds. The number of rotatable bonds is 7. The van der Waals surface area contributed by atoms with E-state index in [-0.39, 0.29) is 17.7 Å². The van der Waals surface area contributed by atoms with Gasteiger partial charge in [-0.2, -0.15) is 0 Å². The molecule has 40 heavy (non-hydrogen) atoms. The van der Waals surface area contributed by atoms with Crippen molar-refractivity contribution in [2.45, 2.75) is 78.2 Å². The van der Waals surface area contributed by atoms with E-state index in [0.717, 1.165) is 50.9 Å². The molecule has 5 atom stereocenters. The quantitative estimate of drug-likeness (QED) is 0.345. The van der Waals surface area contributed by atoms with E-state index in [1.165, 1.54) is 22.4 Å². The largest absolute Gasteiger partial charge is 0.365 e. The van der Waals surface area contributed by atoms with Crippen LogP contribution in [0.15, 0.2) is 72.3 Å². The SMILES string of the molecule is Cc1cccc(C2CCC=C(C(=O)CC3C=CC(CC(=O)N4CCN(c5cccc(C)c5)C(C)C4)C3)CC2C)c1. The fraction of sp³-hybridized carbons (Fsp3) is 0.500. The van der Waals surface area contributed by atoms with E-state index in [2.05, 4.69) is 99.4 Å². The average molecular weight is 539 g/mol. The Labute approximate surface area is 241 Å². The molecular formula is C36H46N2O2. The summed E-state index contributed by atoms with van der Waals surface area (Å²) >= 11 is 0. The number of carbonyl (C=O) groups excluding carboxylic acids is 2. The summed E-state index contributed by atoms with van der Waals surface area (Å²) in [6, 6.07) is 17.8. The van der Waals surface area contributed by atoms with Crippen LogP contribution in [0.1, 0.15) is 75.0 Å². The van der Waals surface area contributed by atoms with Crippen LogP contribution in [0.2, 0.25) is 0 Å². The molecule has 1 aliphatic heterocycles. The van der Waals surface area contributed by atoms with Gasteiger partial charge in [0.25, 0.3) is 0 Å². The van der Waals surface area contributed by atoms with Crippen LogP contribution in [-0.4, -0.2) is 42.3 Å². The number of ketones is 1. The molecule has 0 aromatic heterocycles. The van der Waals surface area contributed by atoms with Crippen LogP contribution < -0.4 is 4.90 Å². The van der Waals surface area contributed by atoms with Gasteiger partial charge in [-0.15, -0.1) is 0 Å². The zero-order valence-corrected chi connectivity index (χ0v) is 24.8. The lowest BCUT2D eigenvalue weighted by atomic mass is 9.81. The third-order valence-electron chi connectivity index (χ3n) is 9.38. The molecule has 2 aromatic carbocycles. The third-order valence-corrected chi connectivity index (χ3v) is 9.38. The number of hydrogen-bond donors (Lipinski definition) is 0. The van der Waals surface area contributed by atoms with Crippen LogP contribution in [0.4, 0.5) is 5.69 Å². The maximum Gasteiger partial charge on any atom is 0.223 e. The number of carbonyl (C=O) groups is 2. The van der Waals surface area contributed by atoms with Crippen molar-refractivity contribution in [1.82, 2.24) is 4.90 Å². The van der Waals surface area contributed by atoms with Gasteiger partial charge in [-0.25, -0.2) is 0 Å². The normalized spacial score (nSPS) is 26.9. The maximum absolute atomic E-state index is 13.3. The van der Waals surface area contributed by atoms with Crippen molar-refractivity contribution >= 4 is 17.4 Å². The fourth-order valence-electron chi connectivity index (χ4n) is 7.18. The Balaban J connectivity index is 1.09. The molecule has 0 saturated carbocycles. The molecule has 4 heteroatoms. The van der Waals surface area contributed by atoms with E-state index >= 15 is 0 Å². The van der Waals surface area contributed by atoms with Crippen LogP contribution in [0, 0.1) is 31.6 Å². The first-order valence-corrected chi connectivity index (χ1v) is 15.3. The maximum atomic E-state index is 13.3. The number of piperazine rings is 1. The molecule has 0 radical (unpaired) electrons. The van der Waals surface area contributed by atoms with Gasteiger partial charge in [0.2, 0.25) is 5.91 Å². The highest BCUT2D eigenvalue weighted by molar-refractivity contribution is 5.95. The summed E-state index contributed by atoms with van der Waals surface area (Å²) in [7, 11) is 0. The van der Waals surface area contributed by atoms with Gasteiger partial charge in [0.1, 0.15) is 0 Å². The summed E-state index contributed by atoms with van der Waals surface area (Å²) in [5.74, 6) is 2.00.